The molecule has 0 amide bonds. The number of rotatable bonds is 8. The van der Waals surface area contributed by atoms with Crippen LogP contribution in [0.4, 0.5) is 13.2 Å². The van der Waals surface area contributed by atoms with Crippen molar-refractivity contribution in [1.82, 2.24) is 9.97 Å². The maximum absolute atomic E-state index is 13.7. The number of ether oxygens (including phenoxy) is 2. The Labute approximate surface area is 217 Å². The number of pyridine rings is 1. The predicted octanol–water partition coefficient (Wildman–Crippen LogP) is 7.71. The topological polar surface area (TPSA) is 64.2 Å². The number of aromatic nitrogens is 2. The number of hydrogen-bond acceptors (Lipinski definition) is 4. The summed E-state index contributed by atoms with van der Waals surface area (Å²) in [6.07, 6.45) is -1.25. The molecule has 0 radical (unpaired) electrons. The van der Waals surface area contributed by atoms with E-state index >= 15 is 0 Å². The number of esters is 1. The monoisotopic (exact) mass is 530 g/mol. The molecule has 0 unspecified atom stereocenters. The molecule has 0 fully saturated rings. The molecule has 0 spiro atoms. The molecule has 0 aliphatic rings. The lowest BCUT2D eigenvalue weighted by Crippen LogP contribution is -2.09. The molecule has 37 heavy (non-hydrogen) atoms. The zero-order valence-corrected chi connectivity index (χ0v) is 21.4. The average Bonchev–Trinajstić information content (AvgIpc) is 3.23. The first-order valence-corrected chi connectivity index (χ1v) is 12.2. The third kappa shape index (κ3) is 5.59. The summed E-state index contributed by atoms with van der Waals surface area (Å²) in [6.45, 7) is 6.05. The van der Waals surface area contributed by atoms with Crippen molar-refractivity contribution in [2.75, 3.05) is 13.2 Å². The molecule has 0 atom stereocenters. The standard InChI is InChI=1S/C28H26ClF3N2O3/c1-4-36-27(35)26-20(9-6-12-37-18-13-16(2)24(29)17(3)14-18)19-7-5-8-21(25(19)34-26)22-15-33-11-10-23(22)28(30,31)32/h5,7-8,10-11,13-15,34H,4,6,9,12H2,1-3H3. The molecule has 2 heterocycles. The number of carbonyl (C=O) groups is 1. The highest BCUT2D eigenvalue weighted by Gasteiger charge is 2.34. The van der Waals surface area contributed by atoms with E-state index in [9.17, 15) is 18.0 Å². The average molecular weight is 531 g/mol. The van der Waals surface area contributed by atoms with E-state index in [1.165, 1.54) is 6.20 Å². The lowest BCUT2D eigenvalue weighted by atomic mass is 9.97. The van der Waals surface area contributed by atoms with Gasteiger partial charge in [-0.1, -0.05) is 29.8 Å². The van der Waals surface area contributed by atoms with Gasteiger partial charge in [0.25, 0.3) is 0 Å². The van der Waals surface area contributed by atoms with Crippen molar-refractivity contribution in [2.24, 2.45) is 0 Å². The quantitative estimate of drug-likeness (QED) is 0.187. The summed E-state index contributed by atoms with van der Waals surface area (Å²) in [6, 6.07) is 9.71. The van der Waals surface area contributed by atoms with Crippen LogP contribution in [0.15, 0.2) is 48.8 Å². The van der Waals surface area contributed by atoms with Gasteiger partial charge in [-0.3, -0.25) is 4.98 Å². The lowest BCUT2D eigenvalue weighted by molar-refractivity contribution is -0.137. The Morgan fingerprint density at radius 2 is 1.84 bits per heavy atom. The predicted molar refractivity (Wildman–Crippen MR) is 137 cm³/mol. The zero-order valence-electron chi connectivity index (χ0n) is 20.6. The number of fused-ring (bicyclic) bond motifs is 1. The molecule has 4 aromatic rings. The Balaban J connectivity index is 1.68. The number of H-pyrrole nitrogens is 1. The molecule has 2 aromatic carbocycles. The number of aromatic amines is 1. The molecule has 0 aliphatic heterocycles. The van der Waals surface area contributed by atoms with Crippen molar-refractivity contribution in [3.8, 4) is 16.9 Å². The summed E-state index contributed by atoms with van der Waals surface area (Å²) < 4.78 is 52.3. The van der Waals surface area contributed by atoms with Crippen molar-refractivity contribution in [1.29, 1.82) is 0 Å². The molecular weight excluding hydrogens is 505 g/mol. The van der Waals surface area contributed by atoms with Gasteiger partial charge in [0.05, 0.1) is 24.3 Å². The number of nitrogens with one attached hydrogen (secondary N) is 1. The normalized spacial score (nSPS) is 11.6. The van der Waals surface area contributed by atoms with Gasteiger partial charge in [-0.2, -0.15) is 13.2 Å². The highest BCUT2D eigenvalue weighted by molar-refractivity contribution is 6.32. The summed E-state index contributed by atoms with van der Waals surface area (Å²) in [5.41, 5.74) is 2.58. The number of halogens is 4. The van der Waals surface area contributed by atoms with Crippen molar-refractivity contribution >= 4 is 28.5 Å². The first kappa shape index (κ1) is 26.5. The second-order valence-electron chi connectivity index (χ2n) is 8.67. The molecule has 4 rings (SSSR count). The van der Waals surface area contributed by atoms with E-state index in [0.717, 1.165) is 23.4 Å². The Kier molecular flexibility index (Phi) is 7.78. The Morgan fingerprint density at radius 3 is 2.51 bits per heavy atom. The summed E-state index contributed by atoms with van der Waals surface area (Å²) in [5, 5.41) is 1.35. The molecule has 0 saturated carbocycles. The van der Waals surface area contributed by atoms with Gasteiger partial charge < -0.3 is 14.5 Å². The highest BCUT2D eigenvalue weighted by Crippen LogP contribution is 2.40. The summed E-state index contributed by atoms with van der Waals surface area (Å²) in [4.78, 5) is 19.7. The fourth-order valence-electron chi connectivity index (χ4n) is 4.42. The Hall–Kier alpha value is -3.52. The van der Waals surface area contributed by atoms with Crippen molar-refractivity contribution < 1.29 is 27.4 Å². The Bertz CT molecular complexity index is 1420. The summed E-state index contributed by atoms with van der Waals surface area (Å²) >= 11 is 6.23. The molecule has 0 saturated heterocycles. The first-order chi connectivity index (χ1) is 17.6. The number of benzene rings is 2. The van der Waals surface area contributed by atoms with Gasteiger partial charge in [-0.05, 0) is 68.5 Å². The van der Waals surface area contributed by atoms with Crippen molar-refractivity contribution in [3.05, 3.63) is 81.8 Å². The summed E-state index contributed by atoms with van der Waals surface area (Å²) in [5.74, 6) is 0.134. The molecule has 0 aliphatic carbocycles. The van der Waals surface area contributed by atoms with Crippen LogP contribution in [0.3, 0.4) is 0 Å². The van der Waals surface area contributed by atoms with E-state index in [4.69, 9.17) is 21.1 Å². The van der Waals surface area contributed by atoms with Gasteiger partial charge in [0.2, 0.25) is 0 Å². The van der Waals surface area contributed by atoms with E-state index in [2.05, 4.69) is 9.97 Å². The molecule has 2 aromatic heterocycles. The third-order valence-electron chi connectivity index (χ3n) is 6.09. The fourth-order valence-corrected chi connectivity index (χ4v) is 4.53. The van der Waals surface area contributed by atoms with Crippen molar-refractivity contribution in [3.63, 3.8) is 0 Å². The molecule has 5 nitrogen and oxygen atoms in total. The molecule has 9 heteroatoms. The molecule has 1 N–H and O–H groups in total. The minimum Gasteiger partial charge on any atom is -0.494 e. The van der Waals surface area contributed by atoms with Crippen LogP contribution in [0.25, 0.3) is 22.0 Å². The van der Waals surface area contributed by atoms with Crippen LogP contribution in [0.5, 0.6) is 5.75 Å². The van der Waals surface area contributed by atoms with Crippen LogP contribution in [-0.4, -0.2) is 29.2 Å². The number of para-hydroxylation sites is 1. The van der Waals surface area contributed by atoms with E-state index in [0.29, 0.717) is 52.3 Å². The second kappa shape index (κ2) is 10.8. The van der Waals surface area contributed by atoms with Crippen LogP contribution in [0.2, 0.25) is 5.02 Å². The molecular formula is C28H26ClF3N2O3. The van der Waals surface area contributed by atoms with E-state index in [1.54, 1.807) is 25.1 Å². The maximum Gasteiger partial charge on any atom is 0.417 e. The smallest absolute Gasteiger partial charge is 0.417 e. The molecule has 0 bridgehead atoms. The van der Waals surface area contributed by atoms with Gasteiger partial charge in [0, 0.05) is 33.9 Å². The number of nitrogens with zero attached hydrogens (tertiary/aromatic N) is 1. The largest absolute Gasteiger partial charge is 0.494 e. The summed E-state index contributed by atoms with van der Waals surface area (Å²) in [7, 11) is 0. The number of hydrogen-bond donors (Lipinski definition) is 1. The molecule has 194 valence electrons. The van der Waals surface area contributed by atoms with Gasteiger partial charge in [-0.15, -0.1) is 0 Å². The van der Waals surface area contributed by atoms with Gasteiger partial charge >= 0.3 is 12.1 Å². The van der Waals surface area contributed by atoms with Gasteiger partial charge in [0.1, 0.15) is 11.4 Å². The fraction of sp³-hybridized carbons (Fsp3) is 0.286. The third-order valence-corrected chi connectivity index (χ3v) is 6.68. The Morgan fingerprint density at radius 1 is 1.11 bits per heavy atom. The number of alkyl halides is 3. The first-order valence-electron chi connectivity index (χ1n) is 11.8. The van der Waals surface area contributed by atoms with Crippen LogP contribution >= 0.6 is 11.6 Å². The van der Waals surface area contributed by atoms with Crippen molar-refractivity contribution in [2.45, 2.75) is 39.8 Å². The van der Waals surface area contributed by atoms with E-state index in [1.807, 2.05) is 26.0 Å². The van der Waals surface area contributed by atoms with Crippen LogP contribution in [-0.2, 0) is 17.3 Å². The van der Waals surface area contributed by atoms with Crippen LogP contribution in [0.1, 0.15) is 46.1 Å². The number of aryl methyl sites for hydroxylation is 3. The minimum atomic E-state index is -4.56. The highest BCUT2D eigenvalue weighted by atomic mass is 35.5. The lowest BCUT2D eigenvalue weighted by Gasteiger charge is -2.13. The SMILES string of the molecule is CCOC(=O)c1[nH]c2c(-c3cnccc3C(F)(F)F)cccc2c1CCCOc1cc(C)c(Cl)c(C)c1. The van der Waals surface area contributed by atoms with Crippen LogP contribution < -0.4 is 4.74 Å². The van der Waals surface area contributed by atoms with E-state index < -0.39 is 17.7 Å². The van der Waals surface area contributed by atoms with Gasteiger partial charge in [0.15, 0.2) is 0 Å². The van der Waals surface area contributed by atoms with Crippen LogP contribution in [0, 0.1) is 13.8 Å². The minimum absolute atomic E-state index is 0.0689. The van der Waals surface area contributed by atoms with E-state index in [-0.39, 0.29) is 17.9 Å². The van der Waals surface area contributed by atoms with Gasteiger partial charge in [-0.25, -0.2) is 4.79 Å². The maximum atomic E-state index is 13.7. The number of carbonyl (C=O) groups excluding carboxylic acids is 1. The zero-order chi connectivity index (χ0) is 26.7. The second-order valence-corrected chi connectivity index (χ2v) is 9.05.